The van der Waals surface area contributed by atoms with Crippen LogP contribution in [0, 0.1) is 5.41 Å². The minimum absolute atomic E-state index is 0.0412. The second-order valence-electron chi connectivity index (χ2n) is 5.67. The standard InChI is InChI=1S/C12H21N3O3/c1-8(16)14(5)9(12(2,3)4)7-15-10(17)6-13-11(15)18/h9H,6-7H2,1-5H3,(H,13,18)/t9-/m1/s1. The van der Waals surface area contributed by atoms with Crippen molar-refractivity contribution in [2.45, 2.75) is 33.7 Å². The van der Waals surface area contributed by atoms with Gasteiger partial charge in [0.2, 0.25) is 11.8 Å². The van der Waals surface area contributed by atoms with E-state index in [4.69, 9.17) is 0 Å². The highest BCUT2D eigenvalue weighted by Crippen LogP contribution is 2.25. The zero-order valence-electron chi connectivity index (χ0n) is 11.6. The van der Waals surface area contributed by atoms with E-state index in [1.807, 2.05) is 20.8 Å². The Bertz CT molecular complexity index is 357. The highest BCUT2D eigenvalue weighted by atomic mass is 16.2. The predicted octanol–water partition coefficient (Wildman–Crippen LogP) is 0.431. The largest absolute Gasteiger partial charge is 0.341 e. The molecular formula is C12H21N3O3. The molecule has 0 spiro atoms. The summed E-state index contributed by atoms with van der Waals surface area (Å²) in [4.78, 5) is 37.4. The molecule has 0 radical (unpaired) electrons. The predicted molar refractivity (Wildman–Crippen MR) is 66.8 cm³/mol. The monoisotopic (exact) mass is 255 g/mol. The maximum Gasteiger partial charge on any atom is 0.324 e. The third-order valence-electron chi connectivity index (χ3n) is 3.26. The van der Waals surface area contributed by atoms with Crippen LogP contribution >= 0.6 is 0 Å². The first-order chi connectivity index (χ1) is 8.14. The Hall–Kier alpha value is -1.59. The smallest absolute Gasteiger partial charge is 0.324 e. The third-order valence-corrected chi connectivity index (χ3v) is 3.26. The lowest BCUT2D eigenvalue weighted by molar-refractivity contribution is -0.134. The van der Waals surface area contributed by atoms with Crippen LogP contribution in [-0.4, -0.2) is 53.8 Å². The van der Waals surface area contributed by atoms with Crippen LogP contribution in [0.25, 0.3) is 0 Å². The van der Waals surface area contributed by atoms with Gasteiger partial charge in [-0.15, -0.1) is 0 Å². The summed E-state index contributed by atoms with van der Waals surface area (Å²) < 4.78 is 0. The fourth-order valence-corrected chi connectivity index (χ4v) is 2.01. The molecule has 1 atom stereocenters. The summed E-state index contributed by atoms with van der Waals surface area (Å²) in [6.07, 6.45) is 0. The fraction of sp³-hybridized carbons (Fsp3) is 0.750. The van der Waals surface area contributed by atoms with Crippen molar-refractivity contribution in [1.82, 2.24) is 15.1 Å². The number of amides is 4. The lowest BCUT2D eigenvalue weighted by Gasteiger charge is -2.39. The molecule has 18 heavy (non-hydrogen) atoms. The highest BCUT2D eigenvalue weighted by molar-refractivity contribution is 6.02. The number of carbonyl (C=O) groups excluding carboxylic acids is 3. The van der Waals surface area contributed by atoms with E-state index < -0.39 is 0 Å². The van der Waals surface area contributed by atoms with Crippen molar-refractivity contribution in [1.29, 1.82) is 0 Å². The molecule has 0 unspecified atom stereocenters. The van der Waals surface area contributed by atoms with Gasteiger partial charge < -0.3 is 10.2 Å². The molecule has 0 saturated carbocycles. The van der Waals surface area contributed by atoms with Crippen LogP contribution in [-0.2, 0) is 9.59 Å². The van der Waals surface area contributed by atoms with E-state index in [0.717, 1.165) is 0 Å². The van der Waals surface area contributed by atoms with Gasteiger partial charge in [0.15, 0.2) is 0 Å². The van der Waals surface area contributed by atoms with Crippen LogP contribution in [0.1, 0.15) is 27.7 Å². The van der Waals surface area contributed by atoms with Crippen molar-refractivity contribution in [3.8, 4) is 0 Å². The molecule has 6 nitrogen and oxygen atoms in total. The van der Waals surface area contributed by atoms with Crippen LogP contribution in [0.5, 0.6) is 0 Å². The Labute approximate surface area is 107 Å². The Morgan fingerprint density at radius 1 is 1.44 bits per heavy atom. The Morgan fingerprint density at radius 2 is 2.00 bits per heavy atom. The normalized spacial score (nSPS) is 17.7. The second kappa shape index (κ2) is 4.96. The van der Waals surface area contributed by atoms with Crippen LogP contribution < -0.4 is 5.32 Å². The van der Waals surface area contributed by atoms with Gasteiger partial charge in [0.25, 0.3) is 0 Å². The third kappa shape index (κ3) is 3.00. The molecular weight excluding hydrogens is 234 g/mol. The van der Waals surface area contributed by atoms with Crippen molar-refractivity contribution in [2.24, 2.45) is 5.41 Å². The first-order valence-corrected chi connectivity index (χ1v) is 5.96. The van der Waals surface area contributed by atoms with Crippen molar-refractivity contribution in [2.75, 3.05) is 20.1 Å². The average Bonchev–Trinajstić information content (AvgIpc) is 2.53. The molecule has 1 saturated heterocycles. The zero-order valence-corrected chi connectivity index (χ0v) is 11.6. The van der Waals surface area contributed by atoms with Crippen molar-refractivity contribution < 1.29 is 14.4 Å². The van der Waals surface area contributed by atoms with Gasteiger partial charge in [0.05, 0.1) is 19.1 Å². The molecule has 4 amide bonds. The molecule has 1 fully saturated rings. The summed E-state index contributed by atoms with van der Waals surface area (Å²) in [5, 5.41) is 2.48. The van der Waals surface area contributed by atoms with Crippen LogP contribution in [0.2, 0.25) is 0 Å². The topological polar surface area (TPSA) is 69.7 Å². The van der Waals surface area contributed by atoms with E-state index in [-0.39, 0.29) is 42.4 Å². The van der Waals surface area contributed by atoms with E-state index in [9.17, 15) is 14.4 Å². The number of nitrogens with zero attached hydrogens (tertiary/aromatic N) is 2. The van der Waals surface area contributed by atoms with Gasteiger partial charge in [-0.25, -0.2) is 4.79 Å². The quantitative estimate of drug-likeness (QED) is 0.744. The molecule has 0 bridgehead atoms. The van der Waals surface area contributed by atoms with Gasteiger partial charge in [-0.1, -0.05) is 20.8 Å². The maximum atomic E-state index is 11.6. The Morgan fingerprint density at radius 3 is 2.33 bits per heavy atom. The molecule has 102 valence electrons. The molecule has 1 N–H and O–H groups in total. The lowest BCUT2D eigenvalue weighted by atomic mass is 9.85. The molecule has 0 aliphatic carbocycles. The Kier molecular flexibility index (Phi) is 3.98. The van der Waals surface area contributed by atoms with Gasteiger partial charge in [0, 0.05) is 14.0 Å². The Balaban J connectivity index is 2.89. The number of urea groups is 1. The number of hydrogen-bond acceptors (Lipinski definition) is 3. The summed E-state index contributed by atoms with van der Waals surface area (Å²) >= 11 is 0. The van der Waals surface area contributed by atoms with E-state index >= 15 is 0 Å². The number of likely N-dealkylation sites (N-methyl/N-ethyl adjacent to an activating group) is 1. The summed E-state index contributed by atoms with van der Waals surface area (Å²) in [5.74, 6) is -0.326. The van der Waals surface area contributed by atoms with Gasteiger partial charge >= 0.3 is 6.03 Å². The summed E-state index contributed by atoms with van der Waals surface area (Å²) in [6, 6.07) is -0.589. The first kappa shape index (κ1) is 14.5. The summed E-state index contributed by atoms with van der Waals surface area (Å²) in [7, 11) is 1.69. The van der Waals surface area contributed by atoms with Gasteiger partial charge in [-0.2, -0.15) is 0 Å². The summed E-state index contributed by atoms with van der Waals surface area (Å²) in [5.41, 5.74) is -0.219. The minimum atomic E-state index is -0.383. The van der Waals surface area contributed by atoms with E-state index in [0.29, 0.717) is 0 Å². The maximum absolute atomic E-state index is 11.6. The molecule has 1 rings (SSSR count). The average molecular weight is 255 g/mol. The molecule has 0 aromatic carbocycles. The fourth-order valence-electron chi connectivity index (χ4n) is 2.01. The molecule has 1 aliphatic heterocycles. The summed E-state index contributed by atoms with van der Waals surface area (Å²) in [6.45, 7) is 7.69. The van der Waals surface area contributed by atoms with Gasteiger partial charge in [0.1, 0.15) is 0 Å². The van der Waals surface area contributed by atoms with E-state index in [1.54, 1.807) is 11.9 Å². The van der Waals surface area contributed by atoms with Crippen LogP contribution in [0.3, 0.4) is 0 Å². The van der Waals surface area contributed by atoms with Crippen LogP contribution in [0.15, 0.2) is 0 Å². The minimum Gasteiger partial charge on any atom is -0.341 e. The first-order valence-electron chi connectivity index (χ1n) is 5.96. The van der Waals surface area contributed by atoms with Crippen molar-refractivity contribution in [3.63, 3.8) is 0 Å². The molecule has 1 aliphatic rings. The number of imide groups is 1. The SMILES string of the molecule is CC(=O)N(C)[C@H](CN1C(=O)CNC1=O)C(C)(C)C. The highest BCUT2D eigenvalue weighted by Gasteiger charge is 2.37. The molecule has 0 aromatic heterocycles. The van der Waals surface area contributed by atoms with E-state index in [1.165, 1.54) is 11.8 Å². The number of rotatable bonds is 3. The van der Waals surface area contributed by atoms with Crippen molar-refractivity contribution in [3.05, 3.63) is 0 Å². The zero-order chi connectivity index (χ0) is 14.1. The number of carbonyl (C=O) groups is 3. The second-order valence-corrected chi connectivity index (χ2v) is 5.67. The molecule has 0 aromatic rings. The molecule has 6 heteroatoms. The number of hydrogen-bond donors (Lipinski definition) is 1. The van der Waals surface area contributed by atoms with Gasteiger partial charge in [-0.05, 0) is 5.41 Å². The van der Waals surface area contributed by atoms with Crippen LogP contribution in [0.4, 0.5) is 4.79 Å². The number of nitrogens with one attached hydrogen (secondary N) is 1. The van der Waals surface area contributed by atoms with Crippen molar-refractivity contribution >= 4 is 17.8 Å². The lowest BCUT2D eigenvalue weighted by Crippen LogP contribution is -2.52. The van der Waals surface area contributed by atoms with E-state index in [2.05, 4.69) is 5.32 Å². The molecule has 1 heterocycles. The van der Waals surface area contributed by atoms with Gasteiger partial charge in [-0.3, -0.25) is 14.5 Å².